The van der Waals surface area contributed by atoms with Crippen LogP contribution in [0, 0.1) is 5.82 Å². The summed E-state index contributed by atoms with van der Waals surface area (Å²) >= 11 is 0. The number of nitrogens with zero attached hydrogens (tertiary/aromatic N) is 2. The molecule has 0 bridgehead atoms. The van der Waals surface area contributed by atoms with E-state index in [9.17, 15) is 9.18 Å². The highest BCUT2D eigenvalue weighted by atomic mass is 19.1. The van der Waals surface area contributed by atoms with Crippen molar-refractivity contribution in [3.05, 3.63) is 66.3 Å². The van der Waals surface area contributed by atoms with Crippen molar-refractivity contribution in [3.8, 4) is 5.75 Å². The summed E-state index contributed by atoms with van der Waals surface area (Å²) in [5.41, 5.74) is 1.79. The molecule has 2 N–H and O–H groups in total. The molecular formula is C23H21FN4O4. The molecule has 0 saturated carbocycles. The Kier molecular flexibility index (Phi) is 5.89. The molecule has 0 amide bonds. The van der Waals surface area contributed by atoms with Gasteiger partial charge >= 0.3 is 5.97 Å². The van der Waals surface area contributed by atoms with E-state index < -0.39 is 11.8 Å². The number of carbonyl (C=O) groups excluding carboxylic acids is 1. The molecule has 0 saturated heterocycles. The van der Waals surface area contributed by atoms with Crippen LogP contribution in [-0.4, -0.2) is 29.2 Å². The number of methoxy groups -OCH3 is 1. The van der Waals surface area contributed by atoms with Crippen molar-refractivity contribution in [1.29, 1.82) is 0 Å². The number of fused-ring (bicyclic) bond motifs is 1. The zero-order valence-corrected chi connectivity index (χ0v) is 17.7. The Bertz CT molecular complexity index is 1270. The van der Waals surface area contributed by atoms with Crippen molar-refractivity contribution >= 4 is 40.1 Å². The van der Waals surface area contributed by atoms with Crippen molar-refractivity contribution in [2.45, 2.75) is 20.0 Å². The lowest BCUT2D eigenvalue weighted by atomic mass is 10.2. The van der Waals surface area contributed by atoms with Crippen molar-refractivity contribution in [2.75, 3.05) is 17.7 Å². The van der Waals surface area contributed by atoms with E-state index in [4.69, 9.17) is 9.15 Å². The van der Waals surface area contributed by atoms with E-state index in [0.717, 1.165) is 6.20 Å². The first-order chi connectivity index (χ1) is 15.4. The first-order valence-corrected chi connectivity index (χ1v) is 9.86. The maximum absolute atomic E-state index is 14.3. The molecule has 0 atom stereocenters. The normalized spacial score (nSPS) is 10.9. The van der Waals surface area contributed by atoms with Crippen molar-refractivity contribution in [1.82, 2.24) is 9.97 Å². The number of benzene rings is 2. The number of halogens is 1. The van der Waals surface area contributed by atoms with Crippen LogP contribution in [0.1, 0.15) is 24.4 Å². The van der Waals surface area contributed by atoms with Gasteiger partial charge in [0.15, 0.2) is 11.6 Å². The Labute approximate surface area is 183 Å². The average Bonchev–Trinajstić information content (AvgIpc) is 3.19. The van der Waals surface area contributed by atoms with Crippen LogP contribution in [0.3, 0.4) is 0 Å². The molecule has 0 aliphatic rings. The maximum Gasteiger partial charge on any atom is 0.373 e. The minimum Gasteiger partial charge on any atom is -0.491 e. The number of carbonyl (C=O) groups is 1. The van der Waals surface area contributed by atoms with Gasteiger partial charge in [0, 0.05) is 22.8 Å². The number of ether oxygens (including phenoxy) is 2. The molecule has 0 spiro atoms. The van der Waals surface area contributed by atoms with E-state index in [-0.39, 0.29) is 23.6 Å². The number of esters is 1. The molecule has 0 radical (unpaired) electrons. The van der Waals surface area contributed by atoms with Crippen LogP contribution in [-0.2, 0) is 4.74 Å². The quantitative estimate of drug-likeness (QED) is 0.371. The van der Waals surface area contributed by atoms with Crippen molar-refractivity contribution in [3.63, 3.8) is 0 Å². The lowest BCUT2D eigenvalue weighted by Gasteiger charge is -2.12. The summed E-state index contributed by atoms with van der Waals surface area (Å²) in [5.74, 6) is -0.179. The molecule has 4 aromatic rings. The maximum atomic E-state index is 14.3. The summed E-state index contributed by atoms with van der Waals surface area (Å²) in [6.45, 7) is 3.86. The van der Waals surface area contributed by atoms with Gasteiger partial charge in [-0.25, -0.2) is 14.2 Å². The third-order valence-electron chi connectivity index (χ3n) is 4.37. The van der Waals surface area contributed by atoms with E-state index in [1.807, 2.05) is 19.9 Å². The number of rotatable bonds is 7. The Hall–Kier alpha value is -4.14. The molecule has 0 aliphatic heterocycles. The van der Waals surface area contributed by atoms with Crippen LogP contribution >= 0.6 is 0 Å². The Morgan fingerprint density at radius 2 is 1.91 bits per heavy atom. The van der Waals surface area contributed by atoms with Gasteiger partial charge in [0.25, 0.3) is 0 Å². The second-order valence-electron chi connectivity index (χ2n) is 7.19. The van der Waals surface area contributed by atoms with E-state index in [1.54, 1.807) is 42.5 Å². The third kappa shape index (κ3) is 4.77. The second-order valence-corrected chi connectivity index (χ2v) is 7.19. The Morgan fingerprint density at radius 3 is 2.69 bits per heavy atom. The highest BCUT2D eigenvalue weighted by Crippen LogP contribution is 2.26. The molecule has 4 rings (SSSR count). The zero-order valence-electron chi connectivity index (χ0n) is 17.7. The van der Waals surface area contributed by atoms with Crippen LogP contribution in [0.4, 0.5) is 27.5 Å². The molecule has 2 aromatic carbocycles. The lowest BCUT2D eigenvalue weighted by molar-refractivity contribution is 0.0567. The summed E-state index contributed by atoms with van der Waals surface area (Å²) in [6, 6.07) is 14.0. The number of hydrogen-bond donors (Lipinski definition) is 2. The van der Waals surface area contributed by atoms with E-state index in [0.29, 0.717) is 28.1 Å². The van der Waals surface area contributed by atoms with Crippen LogP contribution in [0.25, 0.3) is 11.0 Å². The highest BCUT2D eigenvalue weighted by Gasteiger charge is 2.13. The van der Waals surface area contributed by atoms with E-state index in [2.05, 4.69) is 25.3 Å². The Balaban J connectivity index is 1.54. The van der Waals surface area contributed by atoms with Crippen LogP contribution in [0.15, 0.2) is 59.1 Å². The van der Waals surface area contributed by atoms with Gasteiger partial charge in [-0.1, -0.05) is 6.07 Å². The minimum absolute atomic E-state index is 0.0153. The van der Waals surface area contributed by atoms with Crippen LogP contribution in [0.5, 0.6) is 5.75 Å². The predicted molar refractivity (Wildman–Crippen MR) is 118 cm³/mol. The number of aromatic nitrogens is 2. The molecule has 0 aliphatic carbocycles. The third-order valence-corrected chi connectivity index (χ3v) is 4.37. The molecule has 2 heterocycles. The number of furan rings is 1. The topological polar surface area (TPSA) is 98.5 Å². The minimum atomic E-state index is -0.598. The van der Waals surface area contributed by atoms with E-state index in [1.165, 1.54) is 7.11 Å². The first-order valence-electron chi connectivity index (χ1n) is 9.86. The largest absolute Gasteiger partial charge is 0.491 e. The number of nitrogens with one attached hydrogen (secondary N) is 2. The van der Waals surface area contributed by atoms with Gasteiger partial charge in [-0.2, -0.15) is 4.98 Å². The first kappa shape index (κ1) is 21.1. The van der Waals surface area contributed by atoms with Gasteiger partial charge in [-0.3, -0.25) is 0 Å². The molecule has 2 aromatic heterocycles. The fraction of sp³-hybridized carbons (Fsp3) is 0.174. The van der Waals surface area contributed by atoms with Crippen LogP contribution < -0.4 is 15.4 Å². The molecule has 0 unspecified atom stereocenters. The van der Waals surface area contributed by atoms with Gasteiger partial charge in [0.05, 0.1) is 19.4 Å². The SMILES string of the molecule is COC(=O)c1cc2cc(Nc3ncc(F)c(Nc4cccc(OC(C)C)c4)n3)ccc2o1. The zero-order chi connectivity index (χ0) is 22.7. The standard InChI is InChI=1S/C23H21FN4O4/c1-13(2)31-17-6-4-5-15(11-17)26-21-18(24)12-25-23(28-21)27-16-7-8-19-14(9-16)10-20(32-19)22(29)30-3/h4-13H,1-3H3,(H2,25,26,27,28). The number of hydrogen-bond acceptors (Lipinski definition) is 8. The summed E-state index contributed by atoms with van der Waals surface area (Å²) in [5, 5.41) is 6.67. The summed E-state index contributed by atoms with van der Waals surface area (Å²) in [7, 11) is 1.29. The van der Waals surface area contributed by atoms with Gasteiger partial charge < -0.3 is 24.5 Å². The molecule has 0 fully saturated rings. The molecule has 32 heavy (non-hydrogen) atoms. The van der Waals surface area contributed by atoms with Gasteiger partial charge in [-0.15, -0.1) is 0 Å². The summed E-state index contributed by atoms with van der Waals surface area (Å²) in [4.78, 5) is 19.9. The van der Waals surface area contributed by atoms with E-state index >= 15 is 0 Å². The summed E-state index contributed by atoms with van der Waals surface area (Å²) in [6.07, 6.45) is 1.10. The van der Waals surface area contributed by atoms with Gasteiger partial charge in [0.2, 0.25) is 11.7 Å². The number of anilines is 4. The summed E-state index contributed by atoms with van der Waals surface area (Å²) < 4.78 is 30.1. The second kappa shape index (κ2) is 8.93. The van der Waals surface area contributed by atoms with Gasteiger partial charge in [-0.05, 0) is 50.2 Å². The van der Waals surface area contributed by atoms with Crippen LogP contribution in [0.2, 0.25) is 0 Å². The lowest BCUT2D eigenvalue weighted by Crippen LogP contribution is -2.06. The average molecular weight is 436 g/mol. The predicted octanol–water partition coefficient (Wildman–Crippen LogP) is 5.42. The monoisotopic (exact) mass is 436 g/mol. The fourth-order valence-electron chi connectivity index (χ4n) is 3.02. The fourth-order valence-corrected chi connectivity index (χ4v) is 3.02. The molecular weight excluding hydrogens is 415 g/mol. The van der Waals surface area contributed by atoms with Gasteiger partial charge in [0.1, 0.15) is 11.3 Å². The molecule has 9 heteroatoms. The van der Waals surface area contributed by atoms with Crippen molar-refractivity contribution < 1.29 is 23.1 Å². The highest BCUT2D eigenvalue weighted by molar-refractivity contribution is 5.93. The Morgan fingerprint density at radius 1 is 1.09 bits per heavy atom. The smallest absolute Gasteiger partial charge is 0.373 e. The molecule has 164 valence electrons. The molecule has 8 nitrogen and oxygen atoms in total. The van der Waals surface area contributed by atoms with Crippen molar-refractivity contribution in [2.24, 2.45) is 0 Å².